The quantitative estimate of drug-likeness (QED) is 0.587. The van der Waals surface area contributed by atoms with Crippen molar-refractivity contribution in [3.05, 3.63) is 107 Å². The number of amidine groups is 1. The molecule has 1 heterocycles. The second-order valence-electron chi connectivity index (χ2n) is 6.45. The molecule has 3 aromatic rings. The number of carbonyl (C=O) groups is 1. The monoisotopic (exact) mass is 374 g/mol. The molecule has 1 aliphatic rings. The van der Waals surface area contributed by atoms with E-state index in [2.05, 4.69) is 4.99 Å². The number of halogens is 2. The van der Waals surface area contributed by atoms with Gasteiger partial charge >= 0.3 is 0 Å². The van der Waals surface area contributed by atoms with Crippen LogP contribution in [-0.2, 0) is 4.79 Å². The summed E-state index contributed by atoms with van der Waals surface area (Å²) >= 11 is 0. The highest BCUT2D eigenvalue weighted by atomic mass is 19.1. The molecule has 0 bridgehead atoms. The first kappa shape index (κ1) is 17.8. The first-order valence-electron chi connectivity index (χ1n) is 8.75. The molecule has 1 aliphatic heterocycles. The van der Waals surface area contributed by atoms with Gasteiger partial charge in [0.25, 0.3) is 5.91 Å². The summed E-state index contributed by atoms with van der Waals surface area (Å²) in [5.74, 6) is -1.21. The van der Waals surface area contributed by atoms with Crippen molar-refractivity contribution in [1.82, 2.24) is 0 Å². The zero-order valence-electron chi connectivity index (χ0n) is 15.1. The van der Waals surface area contributed by atoms with Crippen LogP contribution in [0.2, 0.25) is 0 Å². The summed E-state index contributed by atoms with van der Waals surface area (Å²) in [5.41, 5.74) is 2.02. The summed E-state index contributed by atoms with van der Waals surface area (Å²) in [7, 11) is 0. The largest absolute Gasteiger partial charge is 0.282 e. The number of anilines is 1. The van der Waals surface area contributed by atoms with Crippen molar-refractivity contribution in [2.45, 2.75) is 6.92 Å². The molecule has 0 unspecified atom stereocenters. The molecule has 0 aliphatic carbocycles. The van der Waals surface area contributed by atoms with Crippen molar-refractivity contribution in [1.29, 1.82) is 0 Å². The highest BCUT2D eigenvalue weighted by molar-refractivity contribution is 6.33. The van der Waals surface area contributed by atoms with Crippen LogP contribution >= 0.6 is 0 Å². The zero-order chi connectivity index (χ0) is 19.7. The zero-order valence-corrected chi connectivity index (χ0v) is 15.1. The van der Waals surface area contributed by atoms with Gasteiger partial charge in [0.05, 0.1) is 11.3 Å². The van der Waals surface area contributed by atoms with Crippen LogP contribution in [0.1, 0.15) is 16.7 Å². The van der Waals surface area contributed by atoms with Crippen LogP contribution in [0.5, 0.6) is 0 Å². The van der Waals surface area contributed by atoms with Crippen molar-refractivity contribution in [3.8, 4) is 0 Å². The molecule has 0 radical (unpaired) electrons. The highest BCUT2D eigenvalue weighted by Crippen LogP contribution is 2.29. The average Bonchev–Trinajstić information content (AvgIpc) is 3.00. The van der Waals surface area contributed by atoms with Crippen LogP contribution in [0.25, 0.3) is 6.08 Å². The fraction of sp³-hybridized carbons (Fsp3) is 0.0435. The van der Waals surface area contributed by atoms with Crippen molar-refractivity contribution >= 4 is 23.5 Å². The Morgan fingerprint density at radius 3 is 2.32 bits per heavy atom. The molecular weight excluding hydrogens is 358 g/mol. The van der Waals surface area contributed by atoms with Crippen LogP contribution in [-0.4, -0.2) is 11.7 Å². The van der Waals surface area contributed by atoms with Crippen LogP contribution in [0.3, 0.4) is 0 Å². The molecule has 1 amide bonds. The number of carbonyl (C=O) groups excluding carboxylic acids is 1. The molecule has 0 saturated carbocycles. The summed E-state index contributed by atoms with van der Waals surface area (Å²) in [4.78, 5) is 18.9. The summed E-state index contributed by atoms with van der Waals surface area (Å²) in [5, 5.41) is 0. The third-order valence-corrected chi connectivity index (χ3v) is 4.43. The average molecular weight is 374 g/mol. The Labute approximate surface area is 161 Å². The third-order valence-electron chi connectivity index (χ3n) is 4.43. The smallest absolute Gasteiger partial charge is 0.266 e. The second-order valence-corrected chi connectivity index (χ2v) is 6.45. The molecule has 4 rings (SSSR count). The Morgan fingerprint density at radius 2 is 1.61 bits per heavy atom. The summed E-state index contributed by atoms with van der Waals surface area (Å²) in [6, 6.07) is 19.5. The number of hydrogen-bond donors (Lipinski definition) is 0. The Balaban J connectivity index is 1.88. The van der Waals surface area contributed by atoms with E-state index in [4.69, 9.17) is 0 Å². The predicted octanol–water partition coefficient (Wildman–Crippen LogP) is 5.11. The van der Waals surface area contributed by atoms with Gasteiger partial charge in [0.1, 0.15) is 17.3 Å². The number of nitrogens with zero attached hydrogens (tertiary/aromatic N) is 2. The van der Waals surface area contributed by atoms with E-state index in [-0.39, 0.29) is 22.7 Å². The lowest BCUT2D eigenvalue weighted by Crippen LogP contribution is -2.33. The lowest BCUT2D eigenvalue weighted by molar-refractivity contribution is -0.113. The standard InChI is InChI=1S/C23H16F2N2O/c1-15-7-6-9-17(13-15)27-22(18-10-3-5-12-20(18)25)26-21(23(27)28)14-16-8-2-4-11-19(16)24/h2-14H,1H3/b21-14+. The first-order valence-corrected chi connectivity index (χ1v) is 8.75. The lowest BCUT2D eigenvalue weighted by Gasteiger charge is -2.19. The van der Waals surface area contributed by atoms with Crippen LogP contribution in [0.4, 0.5) is 14.5 Å². The molecule has 0 N–H and O–H groups in total. The molecule has 0 fully saturated rings. The minimum Gasteiger partial charge on any atom is -0.266 e. The number of amides is 1. The summed E-state index contributed by atoms with van der Waals surface area (Å²) in [6.45, 7) is 1.90. The molecule has 0 saturated heterocycles. The Hall–Kier alpha value is -3.60. The van der Waals surface area contributed by atoms with Gasteiger partial charge < -0.3 is 0 Å². The minimum atomic E-state index is -0.487. The molecule has 3 nitrogen and oxygen atoms in total. The summed E-state index contributed by atoms with van der Waals surface area (Å²) in [6.07, 6.45) is 1.38. The molecule has 3 aromatic carbocycles. The van der Waals surface area contributed by atoms with Crippen LogP contribution in [0, 0.1) is 18.6 Å². The van der Waals surface area contributed by atoms with Gasteiger partial charge in [-0.15, -0.1) is 0 Å². The van der Waals surface area contributed by atoms with Crippen molar-refractivity contribution in [2.75, 3.05) is 4.90 Å². The Bertz CT molecular complexity index is 1130. The van der Waals surface area contributed by atoms with E-state index in [1.165, 1.54) is 23.1 Å². The molecular formula is C23H16F2N2O. The lowest BCUT2D eigenvalue weighted by atomic mass is 10.1. The number of rotatable bonds is 3. The fourth-order valence-corrected chi connectivity index (χ4v) is 3.09. The van der Waals surface area contributed by atoms with Gasteiger partial charge in [0.2, 0.25) is 0 Å². The fourth-order valence-electron chi connectivity index (χ4n) is 3.09. The van der Waals surface area contributed by atoms with E-state index >= 15 is 0 Å². The molecule has 0 atom stereocenters. The minimum absolute atomic E-state index is 0.0462. The van der Waals surface area contributed by atoms with E-state index in [1.54, 1.807) is 42.5 Å². The predicted molar refractivity (Wildman–Crippen MR) is 106 cm³/mol. The SMILES string of the molecule is Cc1cccc(N2C(=O)/C(=C\c3ccccc3F)N=C2c2ccccc2F)c1. The van der Waals surface area contributed by atoms with Gasteiger partial charge in [-0.3, -0.25) is 9.69 Å². The van der Waals surface area contributed by atoms with E-state index in [0.717, 1.165) is 5.56 Å². The van der Waals surface area contributed by atoms with Gasteiger partial charge in [0.15, 0.2) is 5.84 Å². The first-order chi connectivity index (χ1) is 13.5. The van der Waals surface area contributed by atoms with Crippen molar-refractivity contribution in [3.63, 3.8) is 0 Å². The normalized spacial score (nSPS) is 15.2. The Morgan fingerprint density at radius 1 is 0.893 bits per heavy atom. The number of hydrogen-bond acceptors (Lipinski definition) is 2. The highest BCUT2D eigenvalue weighted by Gasteiger charge is 2.33. The summed E-state index contributed by atoms with van der Waals surface area (Å²) < 4.78 is 28.5. The van der Waals surface area contributed by atoms with Crippen molar-refractivity contribution < 1.29 is 13.6 Å². The van der Waals surface area contributed by atoms with Gasteiger partial charge in [-0.25, -0.2) is 13.8 Å². The molecule has 0 aromatic heterocycles. The van der Waals surface area contributed by atoms with Gasteiger partial charge in [-0.1, -0.05) is 42.5 Å². The maximum Gasteiger partial charge on any atom is 0.282 e. The van der Waals surface area contributed by atoms with E-state index < -0.39 is 17.5 Å². The molecule has 5 heteroatoms. The van der Waals surface area contributed by atoms with Crippen molar-refractivity contribution in [2.24, 2.45) is 4.99 Å². The Kier molecular flexibility index (Phi) is 4.57. The maximum atomic E-state index is 14.5. The van der Waals surface area contributed by atoms with E-state index in [9.17, 15) is 13.6 Å². The van der Waals surface area contributed by atoms with Gasteiger partial charge in [-0.2, -0.15) is 0 Å². The number of aliphatic imine (C=N–C) groups is 1. The second kappa shape index (κ2) is 7.19. The molecule has 0 spiro atoms. The third kappa shape index (κ3) is 3.22. The number of aryl methyl sites for hydroxylation is 1. The van der Waals surface area contributed by atoms with E-state index in [1.807, 2.05) is 25.1 Å². The maximum absolute atomic E-state index is 14.5. The van der Waals surface area contributed by atoms with Gasteiger partial charge in [0, 0.05) is 5.56 Å². The van der Waals surface area contributed by atoms with Crippen LogP contribution in [0.15, 0.2) is 83.5 Å². The topological polar surface area (TPSA) is 32.7 Å². The number of benzene rings is 3. The molecule has 138 valence electrons. The van der Waals surface area contributed by atoms with Crippen LogP contribution < -0.4 is 4.90 Å². The van der Waals surface area contributed by atoms with E-state index in [0.29, 0.717) is 5.69 Å². The molecule has 28 heavy (non-hydrogen) atoms. The van der Waals surface area contributed by atoms with Gasteiger partial charge in [-0.05, 0) is 48.9 Å².